The molecule has 3 aliphatic heterocycles. The molecule has 0 radical (unpaired) electrons. The number of rotatable bonds is 3. The van der Waals surface area contributed by atoms with Crippen LogP contribution in [0.5, 0.6) is 0 Å². The number of piperidine rings is 3. The molecule has 18 heavy (non-hydrogen) atoms. The highest BCUT2D eigenvalue weighted by molar-refractivity contribution is 5.35. The van der Waals surface area contributed by atoms with Gasteiger partial charge in [-0.3, -0.25) is 4.90 Å². The van der Waals surface area contributed by atoms with Gasteiger partial charge in [-0.2, -0.15) is 0 Å². The Morgan fingerprint density at radius 1 is 1.33 bits per heavy atom. The Balaban J connectivity index is 2.00. The van der Waals surface area contributed by atoms with Crippen molar-refractivity contribution < 1.29 is 0 Å². The van der Waals surface area contributed by atoms with E-state index in [4.69, 9.17) is 5.73 Å². The summed E-state index contributed by atoms with van der Waals surface area (Å²) in [6, 6.07) is 8.61. The first-order chi connectivity index (χ1) is 8.74. The Labute approximate surface area is 109 Å². The van der Waals surface area contributed by atoms with Gasteiger partial charge in [-0.15, -0.1) is 6.58 Å². The van der Waals surface area contributed by atoms with Crippen LogP contribution in [0.3, 0.4) is 0 Å². The maximum Gasteiger partial charge on any atom is 0.0955 e. The summed E-state index contributed by atoms with van der Waals surface area (Å²) in [4.78, 5) is 2.48. The summed E-state index contributed by atoms with van der Waals surface area (Å²) in [6.07, 6.45) is 6.64. The molecule has 2 heteroatoms. The summed E-state index contributed by atoms with van der Waals surface area (Å²) in [5.74, 6) is 0.816. The molecule has 96 valence electrons. The highest BCUT2D eigenvalue weighted by Crippen LogP contribution is 2.42. The zero-order valence-corrected chi connectivity index (χ0v) is 10.9. The van der Waals surface area contributed by atoms with E-state index in [0.717, 1.165) is 31.8 Å². The van der Waals surface area contributed by atoms with Crippen molar-refractivity contribution in [3.63, 3.8) is 0 Å². The van der Waals surface area contributed by atoms with Crippen molar-refractivity contribution in [2.75, 3.05) is 13.1 Å². The van der Waals surface area contributed by atoms with Crippen LogP contribution in [0, 0.1) is 5.92 Å². The monoisotopic (exact) mass is 242 g/mol. The Bertz CT molecular complexity index is 446. The molecule has 0 saturated carbocycles. The molecule has 2 bridgehead atoms. The highest BCUT2D eigenvalue weighted by atomic mass is 15.3. The fourth-order valence-corrected chi connectivity index (χ4v) is 3.66. The molecule has 0 aliphatic carbocycles. The molecule has 3 heterocycles. The van der Waals surface area contributed by atoms with Gasteiger partial charge in [0.25, 0.3) is 0 Å². The summed E-state index contributed by atoms with van der Waals surface area (Å²) in [7, 11) is 0. The van der Waals surface area contributed by atoms with Gasteiger partial charge in [-0.1, -0.05) is 30.3 Å². The lowest BCUT2D eigenvalue weighted by atomic mass is 9.75. The molecule has 3 saturated heterocycles. The standard InChI is InChI=1S/C16H22N2/c1-2-5-14-6-3-4-7-15(14)16(17)12-13-8-10-18(16)11-9-13/h2-4,6-7,13H,1,5,8-12,17H2. The quantitative estimate of drug-likeness (QED) is 0.826. The van der Waals surface area contributed by atoms with Crippen molar-refractivity contribution in [2.45, 2.75) is 31.3 Å². The molecular weight excluding hydrogens is 220 g/mol. The third-order valence-electron chi connectivity index (χ3n) is 4.63. The van der Waals surface area contributed by atoms with E-state index in [1.165, 1.54) is 24.0 Å². The zero-order valence-electron chi connectivity index (χ0n) is 10.9. The molecule has 2 nitrogen and oxygen atoms in total. The molecule has 3 aliphatic rings. The summed E-state index contributed by atoms with van der Waals surface area (Å²) in [5.41, 5.74) is 9.20. The topological polar surface area (TPSA) is 29.3 Å². The molecule has 2 N–H and O–H groups in total. The van der Waals surface area contributed by atoms with Gasteiger partial charge in [0.1, 0.15) is 0 Å². The predicted molar refractivity (Wildman–Crippen MR) is 75.1 cm³/mol. The lowest BCUT2D eigenvalue weighted by Gasteiger charge is -2.53. The van der Waals surface area contributed by atoms with E-state index in [1.54, 1.807) is 0 Å². The second-order valence-corrected chi connectivity index (χ2v) is 5.71. The molecule has 1 aromatic carbocycles. The van der Waals surface area contributed by atoms with Crippen molar-refractivity contribution in [3.05, 3.63) is 48.0 Å². The molecule has 1 atom stereocenters. The van der Waals surface area contributed by atoms with Crippen LogP contribution in [-0.4, -0.2) is 18.0 Å². The Morgan fingerprint density at radius 2 is 2.06 bits per heavy atom. The molecular formula is C16H22N2. The molecule has 1 aromatic rings. The summed E-state index contributed by atoms with van der Waals surface area (Å²) >= 11 is 0. The van der Waals surface area contributed by atoms with E-state index < -0.39 is 0 Å². The zero-order chi connectivity index (χ0) is 12.6. The van der Waals surface area contributed by atoms with E-state index in [9.17, 15) is 0 Å². The van der Waals surface area contributed by atoms with E-state index >= 15 is 0 Å². The lowest BCUT2D eigenvalue weighted by molar-refractivity contribution is -0.0303. The number of hydrogen-bond acceptors (Lipinski definition) is 2. The molecule has 1 unspecified atom stereocenters. The van der Waals surface area contributed by atoms with E-state index in [-0.39, 0.29) is 5.66 Å². The number of hydrogen-bond donors (Lipinski definition) is 1. The summed E-state index contributed by atoms with van der Waals surface area (Å²) < 4.78 is 0. The van der Waals surface area contributed by atoms with Crippen molar-refractivity contribution in [3.8, 4) is 0 Å². The maximum atomic E-state index is 6.79. The summed E-state index contributed by atoms with van der Waals surface area (Å²) in [6.45, 7) is 6.17. The Kier molecular flexibility index (Phi) is 3.00. The average Bonchev–Trinajstić information content (AvgIpc) is 2.41. The van der Waals surface area contributed by atoms with Crippen LogP contribution < -0.4 is 5.73 Å². The molecule has 0 aromatic heterocycles. The van der Waals surface area contributed by atoms with Gasteiger partial charge in [-0.05, 0) is 42.7 Å². The predicted octanol–water partition coefficient (Wildman–Crippen LogP) is 2.64. The molecule has 0 amide bonds. The first-order valence-electron chi connectivity index (χ1n) is 6.97. The average molecular weight is 242 g/mol. The van der Waals surface area contributed by atoms with Crippen molar-refractivity contribution >= 4 is 0 Å². The second kappa shape index (κ2) is 4.52. The fraction of sp³-hybridized carbons (Fsp3) is 0.500. The van der Waals surface area contributed by atoms with Crippen molar-refractivity contribution in [2.24, 2.45) is 11.7 Å². The van der Waals surface area contributed by atoms with E-state index in [0.29, 0.717) is 0 Å². The van der Waals surface area contributed by atoms with Gasteiger partial charge >= 0.3 is 0 Å². The van der Waals surface area contributed by atoms with Gasteiger partial charge in [0.05, 0.1) is 5.66 Å². The highest BCUT2D eigenvalue weighted by Gasteiger charge is 2.44. The van der Waals surface area contributed by atoms with E-state index in [1.807, 2.05) is 6.08 Å². The number of nitrogens with zero attached hydrogens (tertiary/aromatic N) is 1. The number of benzene rings is 1. The minimum atomic E-state index is -0.235. The van der Waals surface area contributed by atoms with Gasteiger partial charge in [0, 0.05) is 13.1 Å². The molecule has 3 fully saturated rings. The van der Waals surface area contributed by atoms with Crippen LogP contribution in [0.2, 0.25) is 0 Å². The largest absolute Gasteiger partial charge is 0.309 e. The fourth-order valence-electron chi connectivity index (χ4n) is 3.66. The van der Waals surface area contributed by atoms with Gasteiger partial charge in [0.2, 0.25) is 0 Å². The second-order valence-electron chi connectivity index (χ2n) is 5.71. The Morgan fingerprint density at radius 3 is 2.67 bits per heavy atom. The van der Waals surface area contributed by atoms with Gasteiger partial charge in [-0.25, -0.2) is 0 Å². The number of fused-ring (bicyclic) bond motifs is 3. The minimum Gasteiger partial charge on any atom is -0.309 e. The van der Waals surface area contributed by atoms with Gasteiger partial charge < -0.3 is 5.73 Å². The third kappa shape index (κ3) is 1.80. The Hall–Kier alpha value is -1.12. The van der Waals surface area contributed by atoms with Crippen LogP contribution >= 0.6 is 0 Å². The van der Waals surface area contributed by atoms with Crippen LogP contribution in [0.15, 0.2) is 36.9 Å². The van der Waals surface area contributed by atoms with E-state index in [2.05, 4.69) is 35.7 Å². The van der Waals surface area contributed by atoms with Crippen LogP contribution in [0.1, 0.15) is 30.4 Å². The minimum absolute atomic E-state index is 0.235. The molecule has 0 spiro atoms. The number of nitrogens with two attached hydrogens (primary N) is 1. The van der Waals surface area contributed by atoms with Crippen LogP contribution in [0.25, 0.3) is 0 Å². The third-order valence-corrected chi connectivity index (χ3v) is 4.63. The van der Waals surface area contributed by atoms with Crippen LogP contribution in [0.4, 0.5) is 0 Å². The van der Waals surface area contributed by atoms with Crippen LogP contribution in [-0.2, 0) is 12.1 Å². The lowest BCUT2D eigenvalue weighted by Crippen LogP contribution is -2.61. The first kappa shape index (κ1) is 11.9. The SMILES string of the molecule is C=CCc1ccccc1C1(N)CC2CCN1CC2. The van der Waals surface area contributed by atoms with Crippen molar-refractivity contribution in [1.82, 2.24) is 4.90 Å². The smallest absolute Gasteiger partial charge is 0.0955 e. The normalized spacial score (nSPS) is 34.5. The van der Waals surface area contributed by atoms with Crippen molar-refractivity contribution in [1.29, 1.82) is 0 Å². The molecule has 4 rings (SSSR count). The first-order valence-corrected chi connectivity index (χ1v) is 6.97. The number of allylic oxidation sites excluding steroid dienone is 1. The summed E-state index contributed by atoms with van der Waals surface area (Å²) in [5, 5.41) is 0. The maximum absolute atomic E-state index is 6.79. The van der Waals surface area contributed by atoms with Gasteiger partial charge in [0.15, 0.2) is 0 Å².